The van der Waals surface area contributed by atoms with Crippen LogP contribution in [0.3, 0.4) is 0 Å². The molecule has 0 aromatic carbocycles. The first-order valence-corrected chi connectivity index (χ1v) is 8.10. The molecule has 0 saturated carbocycles. The lowest BCUT2D eigenvalue weighted by atomic mass is 10.5. The fraction of sp³-hybridized carbons (Fsp3) is 1.00. The summed E-state index contributed by atoms with van der Waals surface area (Å²) in [6.07, 6.45) is 0. The van der Waals surface area contributed by atoms with E-state index in [-0.39, 0.29) is 8.37 Å². The minimum Gasteiger partial charge on any atom is -0.379 e. The van der Waals surface area contributed by atoms with Gasteiger partial charge in [0, 0.05) is 39.3 Å². The average Bonchev–Trinajstić information content (AvgIpc) is 2.40. The standard InChI is InChI=1S/C12H28N3OP/c1-5-13(6-2)17(14(7-3)8-4)15-9-11-16-12-10-15/h5-12H2,1-4H3. The molecule has 1 rings (SSSR count). The quantitative estimate of drug-likeness (QED) is 0.654. The minimum absolute atomic E-state index is 0.286. The Balaban J connectivity index is 2.74. The Hall–Kier alpha value is 0.270. The van der Waals surface area contributed by atoms with E-state index in [1.165, 1.54) is 0 Å². The van der Waals surface area contributed by atoms with E-state index in [0.29, 0.717) is 0 Å². The smallest absolute Gasteiger partial charge is 0.120 e. The van der Waals surface area contributed by atoms with Crippen LogP contribution in [0.1, 0.15) is 27.7 Å². The molecule has 5 heteroatoms. The van der Waals surface area contributed by atoms with Gasteiger partial charge in [0.1, 0.15) is 8.37 Å². The summed E-state index contributed by atoms with van der Waals surface area (Å²) in [5, 5.41) is 0. The molecule has 0 unspecified atom stereocenters. The van der Waals surface area contributed by atoms with Crippen LogP contribution in [0.25, 0.3) is 0 Å². The Morgan fingerprint density at radius 3 is 1.65 bits per heavy atom. The summed E-state index contributed by atoms with van der Waals surface area (Å²) >= 11 is 0. The first-order chi connectivity index (χ1) is 8.28. The van der Waals surface area contributed by atoms with Gasteiger partial charge in [-0.3, -0.25) is 14.0 Å². The molecule has 0 spiro atoms. The lowest BCUT2D eigenvalue weighted by Crippen LogP contribution is -2.42. The molecule has 0 aromatic rings. The van der Waals surface area contributed by atoms with Crippen LogP contribution in [0.5, 0.6) is 0 Å². The van der Waals surface area contributed by atoms with Crippen molar-refractivity contribution in [1.29, 1.82) is 0 Å². The van der Waals surface area contributed by atoms with Crippen LogP contribution in [0.2, 0.25) is 0 Å². The molecule has 1 fully saturated rings. The molecule has 1 saturated heterocycles. The van der Waals surface area contributed by atoms with Crippen molar-refractivity contribution in [3.8, 4) is 0 Å². The molecular formula is C12H28N3OP. The van der Waals surface area contributed by atoms with E-state index in [0.717, 1.165) is 52.5 Å². The van der Waals surface area contributed by atoms with E-state index in [1.54, 1.807) is 0 Å². The Morgan fingerprint density at radius 2 is 1.29 bits per heavy atom. The molecule has 0 atom stereocenters. The van der Waals surface area contributed by atoms with Gasteiger partial charge in [-0.2, -0.15) is 0 Å². The summed E-state index contributed by atoms with van der Waals surface area (Å²) in [5.74, 6) is 0. The van der Waals surface area contributed by atoms with Gasteiger partial charge < -0.3 is 4.74 Å². The zero-order chi connectivity index (χ0) is 12.7. The molecule has 1 aliphatic rings. The first-order valence-electron chi connectivity index (χ1n) is 6.90. The molecule has 0 radical (unpaired) electrons. The third-order valence-electron chi connectivity index (χ3n) is 3.21. The SMILES string of the molecule is CCN(CC)P(N(CC)CC)N1CCOCC1. The molecule has 1 heterocycles. The highest BCUT2D eigenvalue weighted by Crippen LogP contribution is 2.47. The second kappa shape index (κ2) is 8.39. The summed E-state index contributed by atoms with van der Waals surface area (Å²) < 4.78 is 13.3. The van der Waals surface area contributed by atoms with Gasteiger partial charge in [0.25, 0.3) is 0 Å². The lowest BCUT2D eigenvalue weighted by Gasteiger charge is -2.45. The van der Waals surface area contributed by atoms with E-state index in [4.69, 9.17) is 4.74 Å². The summed E-state index contributed by atoms with van der Waals surface area (Å²) in [5.41, 5.74) is 0. The molecule has 0 aliphatic carbocycles. The van der Waals surface area contributed by atoms with Crippen LogP contribution in [0, 0.1) is 0 Å². The predicted molar refractivity (Wildman–Crippen MR) is 75.2 cm³/mol. The maximum Gasteiger partial charge on any atom is 0.120 e. The molecule has 0 N–H and O–H groups in total. The van der Waals surface area contributed by atoms with E-state index in [2.05, 4.69) is 41.7 Å². The number of hydrogen-bond donors (Lipinski definition) is 0. The van der Waals surface area contributed by atoms with E-state index in [9.17, 15) is 0 Å². The average molecular weight is 261 g/mol. The third kappa shape index (κ3) is 4.15. The van der Waals surface area contributed by atoms with Gasteiger partial charge in [-0.15, -0.1) is 0 Å². The second-order valence-corrected chi connectivity index (χ2v) is 6.35. The number of nitrogens with zero attached hydrogens (tertiary/aromatic N) is 3. The molecule has 4 nitrogen and oxygen atoms in total. The summed E-state index contributed by atoms with van der Waals surface area (Å²) in [4.78, 5) is 0. The Labute approximate surface area is 108 Å². The summed E-state index contributed by atoms with van der Waals surface area (Å²) in [6.45, 7) is 17.6. The van der Waals surface area contributed by atoms with Crippen molar-refractivity contribution in [2.45, 2.75) is 27.7 Å². The van der Waals surface area contributed by atoms with Gasteiger partial charge >= 0.3 is 0 Å². The van der Waals surface area contributed by atoms with Crippen molar-refractivity contribution >= 4 is 8.37 Å². The van der Waals surface area contributed by atoms with Crippen molar-refractivity contribution in [2.24, 2.45) is 0 Å². The zero-order valence-electron chi connectivity index (χ0n) is 11.9. The summed E-state index contributed by atoms with van der Waals surface area (Å²) in [6, 6.07) is 0. The van der Waals surface area contributed by atoms with Crippen molar-refractivity contribution in [3.05, 3.63) is 0 Å². The minimum atomic E-state index is -0.286. The molecule has 0 amide bonds. The predicted octanol–water partition coefficient (Wildman–Crippen LogP) is 2.23. The lowest BCUT2D eigenvalue weighted by molar-refractivity contribution is 0.0696. The number of morpholine rings is 1. The fourth-order valence-electron chi connectivity index (χ4n) is 2.22. The maximum atomic E-state index is 5.48. The largest absolute Gasteiger partial charge is 0.379 e. The van der Waals surface area contributed by atoms with Gasteiger partial charge in [-0.05, 0) is 0 Å². The highest BCUT2D eigenvalue weighted by molar-refractivity contribution is 7.50. The van der Waals surface area contributed by atoms with Crippen LogP contribution < -0.4 is 0 Å². The molecule has 17 heavy (non-hydrogen) atoms. The highest BCUT2D eigenvalue weighted by atomic mass is 31.2. The third-order valence-corrected chi connectivity index (χ3v) is 6.26. The Morgan fingerprint density at radius 1 is 0.882 bits per heavy atom. The van der Waals surface area contributed by atoms with Gasteiger partial charge in [-0.1, -0.05) is 27.7 Å². The number of rotatable bonds is 7. The molecule has 1 aliphatic heterocycles. The molecule has 0 bridgehead atoms. The monoisotopic (exact) mass is 261 g/mol. The van der Waals surface area contributed by atoms with Gasteiger partial charge in [0.15, 0.2) is 0 Å². The molecule has 102 valence electrons. The molecular weight excluding hydrogens is 233 g/mol. The second-order valence-electron chi connectivity index (χ2n) is 4.11. The van der Waals surface area contributed by atoms with Crippen molar-refractivity contribution in [2.75, 3.05) is 52.5 Å². The Kier molecular flexibility index (Phi) is 7.56. The normalized spacial score (nSPS) is 18.5. The maximum absolute atomic E-state index is 5.48. The molecule has 0 aromatic heterocycles. The van der Waals surface area contributed by atoms with Crippen molar-refractivity contribution in [1.82, 2.24) is 14.0 Å². The Bertz CT molecular complexity index is 180. The van der Waals surface area contributed by atoms with E-state index < -0.39 is 0 Å². The van der Waals surface area contributed by atoms with Crippen LogP contribution in [0.4, 0.5) is 0 Å². The highest BCUT2D eigenvalue weighted by Gasteiger charge is 2.29. The van der Waals surface area contributed by atoms with Crippen LogP contribution >= 0.6 is 8.37 Å². The van der Waals surface area contributed by atoms with Gasteiger partial charge in [0.05, 0.1) is 13.2 Å². The zero-order valence-corrected chi connectivity index (χ0v) is 12.7. The first kappa shape index (κ1) is 15.3. The number of hydrogen-bond acceptors (Lipinski definition) is 4. The van der Waals surface area contributed by atoms with Gasteiger partial charge in [0.2, 0.25) is 0 Å². The van der Waals surface area contributed by atoms with Gasteiger partial charge in [-0.25, -0.2) is 0 Å². The number of ether oxygens (including phenoxy) is 1. The fourth-order valence-corrected chi connectivity index (χ4v) is 4.83. The van der Waals surface area contributed by atoms with E-state index in [1.807, 2.05) is 0 Å². The summed E-state index contributed by atoms with van der Waals surface area (Å²) in [7, 11) is -0.286. The van der Waals surface area contributed by atoms with Crippen LogP contribution in [0.15, 0.2) is 0 Å². The van der Waals surface area contributed by atoms with Crippen molar-refractivity contribution in [3.63, 3.8) is 0 Å². The van der Waals surface area contributed by atoms with Crippen LogP contribution in [-0.4, -0.2) is 66.5 Å². The van der Waals surface area contributed by atoms with Crippen LogP contribution in [-0.2, 0) is 4.74 Å². The van der Waals surface area contributed by atoms with E-state index >= 15 is 0 Å². The van der Waals surface area contributed by atoms with Crippen molar-refractivity contribution < 1.29 is 4.74 Å². The topological polar surface area (TPSA) is 19.0 Å².